The van der Waals surface area contributed by atoms with E-state index in [2.05, 4.69) is 53.1 Å². The molecule has 1 spiro atoms. The summed E-state index contributed by atoms with van der Waals surface area (Å²) in [5, 5.41) is 0. The summed E-state index contributed by atoms with van der Waals surface area (Å²) < 4.78 is 0. The van der Waals surface area contributed by atoms with Crippen LogP contribution in [0.5, 0.6) is 0 Å². The Morgan fingerprint density at radius 3 is 2.46 bits per heavy atom. The first-order chi connectivity index (χ1) is 12.5. The Labute approximate surface area is 158 Å². The summed E-state index contributed by atoms with van der Waals surface area (Å²) in [5.74, 6) is 0.622. The molecule has 0 radical (unpaired) electrons. The van der Waals surface area contributed by atoms with E-state index in [-0.39, 0.29) is 11.3 Å². The summed E-state index contributed by atoms with van der Waals surface area (Å²) in [5.41, 5.74) is 3.04. The normalized spacial score (nSPS) is 28.8. The number of rotatable bonds is 1. The van der Waals surface area contributed by atoms with Crippen LogP contribution in [0.2, 0.25) is 0 Å². The number of fused-ring (bicyclic) bond motifs is 1. The minimum atomic E-state index is 0.217. The van der Waals surface area contributed by atoms with E-state index >= 15 is 0 Å². The molecule has 3 aliphatic rings. The fraction of sp³-hybridized carbons (Fsp3) is 0.682. The Morgan fingerprint density at radius 2 is 1.73 bits per heavy atom. The van der Waals surface area contributed by atoms with E-state index in [4.69, 9.17) is 0 Å². The molecule has 4 heteroatoms. The summed E-state index contributed by atoms with van der Waals surface area (Å²) in [4.78, 5) is 20.5. The maximum atomic E-state index is 13.4. The van der Waals surface area contributed by atoms with Crippen molar-refractivity contribution in [3.8, 4) is 0 Å². The molecule has 1 amide bonds. The van der Waals surface area contributed by atoms with E-state index in [1.165, 1.54) is 30.5 Å². The lowest BCUT2D eigenvalue weighted by atomic mass is 9.75. The van der Waals surface area contributed by atoms with E-state index in [9.17, 15) is 4.79 Å². The van der Waals surface area contributed by atoms with E-state index in [1.54, 1.807) is 0 Å². The standard InChI is InChI=1S/C22H33N3O/c1-23-12-8-18(9-13-23)21(26)25-15-20-7-4-3-6-19(20)14-22(17-25)10-5-11-24(2)16-22/h3-4,6-7,18H,5,8-17H2,1-2H3. The molecule has 3 heterocycles. The molecule has 0 bridgehead atoms. The summed E-state index contributed by atoms with van der Waals surface area (Å²) in [6.45, 7) is 6.12. The van der Waals surface area contributed by atoms with Gasteiger partial charge in [-0.25, -0.2) is 0 Å². The van der Waals surface area contributed by atoms with Gasteiger partial charge in [-0.05, 0) is 77.0 Å². The summed E-state index contributed by atoms with van der Waals surface area (Å²) in [7, 11) is 4.40. The van der Waals surface area contributed by atoms with Crippen LogP contribution in [0.15, 0.2) is 24.3 Å². The molecule has 1 aromatic carbocycles. The number of hydrogen-bond donors (Lipinski definition) is 0. The molecule has 2 fully saturated rings. The van der Waals surface area contributed by atoms with Crippen LogP contribution >= 0.6 is 0 Å². The Hall–Kier alpha value is -1.39. The van der Waals surface area contributed by atoms with Crippen molar-refractivity contribution in [1.82, 2.24) is 14.7 Å². The quantitative estimate of drug-likeness (QED) is 0.775. The van der Waals surface area contributed by atoms with Crippen LogP contribution in [-0.2, 0) is 17.8 Å². The largest absolute Gasteiger partial charge is 0.338 e. The fourth-order valence-corrected chi connectivity index (χ4v) is 5.41. The zero-order valence-corrected chi connectivity index (χ0v) is 16.4. The number of likely N-dealkylation sites (tertiary alicyclic amines) is 2. The topological polar surface area (TPSA) is 26.8 Å². The third-order valence-corrected chi connectivity index (χ3v) is 6.80. The SMILES string of the molecule is CN1CCC(C(=O)N2Cc3ccccc3CC3(CCCN(C)C3)C2)CC1. The number of hydrogen-bond acceptors (Lipinski definition) is 3. The maximum Gasteiger partial charge on any atom is 0.226 e. The van der Waals surface area contributed by atoms with Crippen LogP contribution in [0.4, 0.5) is 0 Å². The van der Waals surface area contributed by atoms with Crippen molar-refractivity contribution < 1.29 is 4.79 Å². The highest BCUT2D eigenvalue weighted by atomic mass is 16.2. The van der Waals surface area contributed by atoms with Crippen molar-refractivity contribution in [2.24, 2.45) is 11.3 Å². The molecule has 0 N–H and O–H groups in total. The van der Waals surface area contributed by atoms with E-state index in [0.717, 1.165) is 52.0 Å². The molecule has 1 aromatic rings. The second-order valence-corrected chi connectivity index (χ2v) is 9.06. The molecule has 0 saturated carbocycles. The average molecular weight is 356 g/mol. The Balaban J connectivity index is 1.60. The number of amides is 1. The van der Waals surface area contributed by atoms with Crippen molar-refractivity contribution in [3.63, 3.8) is 0 Å². The number of nitrogens with zero attached hydrogens (tertiary/aromatic N) is 3. The van der Waals surface area contributed by atoms with E-state index < -0.39 is 0 Å². The highest BCUT2D eigenvalue weighted by molar-refractivity contribution is 5.79. The second-order valence-electron chi connectivity index (χ2n) is 9.06. The van der Waals surface area contributed by atoms with Crippen LogP contribution in [0.25, 0.3) is 0 Å². The van der Waals surface area contributed by atoms with E-state index in [0.29, 0.717) is 5.91 Å². The minimum Gasteiger partial charge on any atom is -0.338 e. The molecule has 26 heavy (non-hydrogen) atoms. The van der Waals surface area contributed by atoms with Crippen molar-refractivity contribution in [3.05, 3.63) is 35.4 Å². The van der Waals surface area contributed by atoms with Gasteiger partial charge in [0.05, 0.1) is 0 Å². The lowest BCUT2D eigenvalue weighted by Crippen LogP contribution is -2.51. The lowest BCUT2D eigenvalue weighted by molar-refractivity contribution is -0.139. The van der Waals surface area contributed by atoms with E-state index in [1.807, 2.05) is 0 Å². The number of carbonyl (C=O) groups is 1. The molecule has 2 saturated heterocycles. The van der Waals surface area contributed by atoms with Gasteiger partial charge < -0.3 is 14.7 Å². The second kappa shape index (κ2) is 7.32. The first kappa shape index (κ1) is 18.0. The van der Waals surface area contributed by atoms with Crippen molar-refractivity contribution in [1.29, 1.82) is 0 Å². The van der Waals surface area contributed by atoms with Crippen LogP contribution in [0, 0.1) is 11.3 Å². The number of piperidine rings is 2. The Kier molecular flexibility index (Phi) is 5.07. The third kappa shape index (κ3) is 3.67. The Bertz CT molecular complexity index is 653. The van der Waals surface area contributed by atoms with Gasteiger partial charge in [0.25, 0.3) is 0 Å². The highest BCUT2D eigenvalue weighted by Crippen LogP contribution is 2.38. The van der Waals surface area contributed by atoms with Gasteiger partial charge in [-0.2, -0.15) is 0 Å². The lowest BCUT2D eigenvalue weighted by Gasteiger charge is -2.44. The van der Waals surface area contributed by atoms with Crippen LogP contribution in [0.3, 0.4) is 0 Å². The van der Waals surface area contributed by atoms with Crippen molar-refractivity contribution in [2.75, 3.05) is 46.8 Å². The summed E-state index contributed by atoms with van der Waals surface area (Å²) in [6, 6.07) is 8.81. The summed E-state index contributed by atoms with van der Waals surface area (Å²) >= 11 is 0. The molecule has 0 aliphatic carbocycles. The molecule has 1 unspecified atom stereocenters. The molecular weight excluding hydrogens is 322 g/mol. The predicted molar refractivity (Wildman–Crippen MR) is 105 cm³/mol. The fourth-order valence-electron chi connectivity index (χ4n) is 5.41. The minimum absolute atomic E-state index is 0.217. The summed E-state index contributed by atoms with van der Waals surface area (Å²) in [6.07, 6.45) is 5.63. The predicted octanol–water partition coefficient (Wildman–Crippen LogP) is 2.63. The van der Waals surface area contributed by atoms with Crippen LogP contribution in [0.1, 0.15) is 36.8 Å². The maximum absolute atomic E-state index is 13.4. The zero-order chi connectivity index (χ0) is 18.1. The first-order valence-corrected chi connectivity index (χ1v) is 10.3. The molecule has 1 atom stereocenters. The zero-order valence-electron chi connectivity index (χ0n) is 16.4. The van der Waals surface area contributed by atoms with Gasteiger partial charge in [0.1, 0.15) is 0 Å². The number of benzene rings is 1. The van der Waals surface area contributed by atoms with Crippen LogP contribution < -0.4 is 0 Å². The molecule has 4 nitrogen and oxygen atoms in total. The van der Waals surface area contributed by atoms with Gasteiger partial charge in [0.15, 0.2) is 0 Å². The van der Waals surface area contributed by atoms with Crippen LogP contribution in [-0.4, -0.2) is 67.4 Å². The highest BCUT2D eigenvalue weighted by Gasteiger charge is 2.41. The van der Waals surface area contributed by atoms with Gasteiger partial charge in [-0.15, -0.1) is 0 Å². The third-order valence-electron chi connectivity index (χ3n) is 6.80. The molecular formula is C22H33N3O. The van der Waals surface area contributed by atoms with Crippen molar-refractivity contribution >= 4 is 5.91 Å². The van der Waals surface area contributed by atoms with Gasteiger partial charge in [-0.3, -0.25) is 4.79 Å². The molecule has 3 aliphatic heterocycles. The van der Waals surface area contributed by atoms with Gasteiger partial charge in [-0.1, -0.05) is 24.3 Å². The molecule has 4 rings (SSSR count). The van der Waals surface area contributed by atoms with Gasteiger partial charge in [0.2, 0.25) is 5.91 Å². The van der Waals surface area contributed by atoms with Crippen molar-refractivity contribution in [2.45, 2.75) is 38.6 Å². The smallest absolute Gasteiger partial charge is 0.226 e. The Morgan fingerprint density at radius 1 is 1.00 bits per heavy atom. The van der Waals surface area contributed by atoms with Gasteiger partial charge >= 0.3 is 0 Å². The molecule has 142 valence electrons. The number of carbonyl (C=O) groups excluding carboxylic acids is 1. The first-order valence-electron chi connectivity index (χ1n) is 10.3. The molecule has 0 aromatic heterocycles. The average Bonchev–Trinajstić information content (AvgIpc) is 2.78. The monoisotopic (exact) mass is 355 g/mol. The van der Waals surface area contributed by atoms with Gasteiger partial charge in [0, 0.05) is 31.0 Å².